The van der Waals surface area contributed by atoms with E-state index >= 15 is 0 Å². The van der Waals surface area contributed by atoms with E-state index in [1.165, 1.54) is 6.42 Å². The van der Waals surface area contributed by atoms with E-state index in [1.807, 2.05) is 16.7 Å². The van der Waals surface area contributed by atoms with Crippen LogP contribution >= 0.6 is 23.2 Å². The van der Waals surface area contributed by atoms with E-state index in [1.54, 1.807) is 18.2 Å². The van der Waals surface area contributed by atoms with Crippen molar-refractivity contribution in [3.05, 3.63) is 33.8 Å². The number of carbonyl (C=O) groups is 2. The van der Waals surface area contributed by atoms with Gasteiger partial charge in [-0.1, -0.05) is 29.3 Å². The van der Waals surface area contributed by atoms with Crippen LogP contribution in [0.2, 0.25) is 10.0 Å². The number of rotatable bonds is 4. The van der Waals surface area contributed by atoms with E-state index in [0.29, 0.717) is 41.8 Å². The number of piperidine rings is 1. The molecule has 3 rings (SSSR count). The summed E-state index contributed by atoms with van der Waals surface area (Å²) in [6.45, 7) is 6.40. The molecule has 2 aliphatic rings. The Labute approximate surface area is 171 Å². The first kappa shape index (κ1) is 20.4. The molecule has 2 heterocycles. The van der Waals surface area contributed by atoms with Gasteiger partial charge in [0.05, 0.1) is 12.5 Å². The molecule has 0 spiro atoms. The quantitative estimate of drug-likeness (QED) is 0.764. The van der Waals surface area contributed by atoms with Crippen molar-refractivity contribution in [1.29, 1.82) is 0 Å². The average molecular weight is 412 g/mol. The second-order valence-corrected chi connectivity index (χ2v) is 8.17. The smallest absolute Gasteiger partial charge is 0.239 e. The number of halogens is 2. The highest BCUT2D eigenvalue weighted by atomic mass is 35.5. The maximum Gasteiger partial charge on any atom is 0.239 e. The van der Waals surface area contributed by atoms with Crippen LogP contribution in [0, 0.1) is 0 Å². The summed E-state index contributed by atoms with van der Waals surface area (Å²) < 4.78 is 0. The molecule has 0 N–H and O–H groups in total. The maximum absolute atomic E-state index is 12.7. The summed E-state index contributed by atoms with van der Waals surface area (Å²) in [5.74, 6) is 0.247. The summed E-state index contributed by atoms with van der Waals surface area (Å²) in [7, 11) is 0. The zero-order valence-corrected chi connectivity index (χ0v) is 17.3. The molecule has 0 aliphatic carbocycles. The Balaban J connectivity index is 1.52. The van der Waals surface area contributed by atoms with Crippen LogP contribution in [0.25, 0.3) is 0 Å². The SMILES string of the molecule is CC(C(=O)N1CCCCC1)N1CCN(C(=O)Cc2c(Cl)cccc2Cl)CC1. The van der Waals surface area contributed by atoms with Crippen LogP contribution in [0.15, 0.2) is 18.2 Å². The molecule has 0 saturated carbocycles. The highest BCUT2D eigenvalue weighted by Gasteiger charge is 2.30. The van der Waals surface area contributed by atoms with Crippen LogP contribution < -0.4 is 0 Å². The summed E-state index contributed by atoms with van der Waals surface area (Å²) in [5, 5.41) is 1.05. The molecule has 2 fully saturated rings. The molecule has 1 aromatic carbocycles. The van der Waals surface area contributed by atoms with Gasteiger partial charge in [0.15, 0.2) is 0 Å². The number of piperazine rings is 1. The number of nitrogens with zero attached hydrogens (tertiary/aromatic N) is 3. The highest BCUT2D eigenvalue weighted by molar-refractivity contribution is 6.36. The van der Waals surface area contributed by atoms with Crippen LogP contribution in [-0.2, 0) is 16.0 Å². The normalized spacial score (nSPS) is 19.8. The van der Waals surface area contributed by atoms with Crippen molar-refractivity contribution in [1.82, 2.24) is 14.7 Å². The number of benzene rings is 1. The number of carbonyl (C=O) groups excluding carboxylic acids is 2. The predicted octanol–water partition coefficient (Wildman–Crippen LogP) is 3.08. The lowest BCUT2D eigenvalue weighted by Crippen LogP contribution is -2.56. The maximum atomic E-state index is 12.7. The molecule has 148 valence electrons. The van der Waals surface area contributed by atoms with Gasteiger partial charge in [-0.25, -0.2) is 0 Å². The lowest BCUT2D eigenvalue weighted by atomic mass is 10.1. The molecule has 0 aromatic heterocycles. The molecule has 27 heavy (non-hydrogen) atoms. The predicted molar refractivity (Wildman–Crippen MR) is 108 cm³/mol. The van der Waals surface area contributed by atoms with E-state index in [-0.39, 0.29) is 24.3 Å². The molecule has 7 heteroatoms. The Bertz CT molecular complexity index is 664. The van der Waals surface area contributed by atoms with Crippen molar-refractivity contribution in [2.75, 3.05) is 39.3 Å². The first-order chi connectivity index (χ1) is 13.0. The van der Waals surface area contributed by atoms with E-state index < -0.39 is 0 Å². The molecular formula is C20H27Cl2N3O2. The van der Waals surface area contributed by atoms with E-state index in [4.69, 9.17) is 23.2 Å². The Morgan fingerprint density at radius 3 is 2.11 bits per heavy atom. The average Bonchev–Trinajstić information content (AvgIpc) is 2.70. The van der Waals surface area contributed by atoms with E-state index in [2.05, 4.69) is 4.90 Å². The Hall–Kier alpha value is -1.30. The van der Waals surface area contributed by atoms with E-state index in [9.17, 15) is 9.59 Å². The molecule has 0 radical (unpaired) electrons. The molecule has 1 unspecified atom stereocenters. The fourth-order valence-corrected chi connectivity index (χ4v) is 4.39. The zero-order valence-electron chi connectivity index (χ0n) is 15.8. The molecule has 1 aromatic rings. The molecular weight excluding hydrogens is 385 g/mol. The number of likely N-dealkylation sites (tertiary alicyclic amines) is 1. The van der Waals surface area contributed by atoms with E-state index in [0.717, 1.165) is 25.9 Å². The second-order valence-electron chi connectivity index (χ2n) is 7.36. The number of hydrogen-bond donors (Lipinski definition) is 0. The molecule has 2 saturated heterocycles. The van der Waals surface area contributed by atoms with Crippen LogP contribution in [0.3, 0.4) is 0 Å². The second kappa shape index (κ2) is 9.26. The largest absolute Gasteiger partial charge is 0.341 e. The minimum Gasteiger partial charge on any atom is -0.341 e. The van der Waals surface area contributed by atoms with Gasteiger partial charge in [0.2, 0.25) is 11.8 Å². The minimum atomic E-state index is -0.127. The van der Waals surface area contributed by atoms with Crippen molar-refractivity contribution in [2.24, 2.45) is 0 Å². The fourth-order valence-electron chi connectivity index (χ4n) is 3.86. The number of amides is 2. The Morgan fingerprint density at radius 2 is 1.52 bits per heavy atom. The summed E-state index contributed by atoms with van der Waals surface area (Å²) in [6.07, 6.45) is 3.63. The first-order valence-electron chi connectivity index (χ1n) is 9.71. The molecule has 0 bridgehead atoms. The van der Waals surface area contributed by atoms with Crippen molar-refractivity contribution < 1.29 is 9.59 Å². The zero-order chi connectivity index (χ0) is 19.4. The fraction of sp³-hybridized carbons (Fsp3) is 0.600. The molecule has 2 amide bonds. The van der Waals surface area contributed by atoms with Crippen molar-refractivity contribution in [2.45, 2.75) is 38.6 Å². The van der Waals surface area contributed by atoms with Crippen molar-refractivity contribution in [3.8, 4) is 0 Å². The summed E-state index contributed by atoms with van der Waals surface area (Å²) in [4.78, 5) is 31.4. The van der Waals surface area contributed by atoms with Crippen LogP contribution in [0.1, 0.15) is 31.7 Å². The Kier molecular flexibility index (Phi) is 7.01. The summed E-state index contributed by atoms with van der Waals surface area (Å²) in [5.41, 5.74) is 0.682. The van der Waals surface area contributed by atoms with Gasteiger partial charge in [-0.15, -0.1) is 0 Å². The van der Waals surface area contributed by atoms with Gasteiger partial charge in [0.25, 0.3) is 0 Å². The van der Waals surface area contributed by atoms with Gasteiger partial charge in [-0.3, -0.25) is 14.5 Å². The lowest BCUT2D eigenvalue weighted by Gasteiger charge is -2.39. The third-order valence-electron chi connectivity index (χ3n) is 5.63. The van der Waals surface area contributed by atoms with Gasteiger partial charge in [-0.05, 0) is 43.9 Å². The topological polar surface area (TPSA) is 43.9 Å². The highest BCUT2D eigenvalue weighted by Crippen LogP contribution is 2.25. The van der Waals surface area contributed by atoms with Gasteiger partial charge in [0.1, 0.15) is 0 Å². The lowest BCUT2D eigenvalue weighted by molar-refractivity contribution is -0.139. The van der Waals surface area contributed by atoms with Gasteiger partial charge < -0.3 is 9.80 Å². The van der Waals surface area contributed by atoms with Crippen LogP contribution in [-0.4, -0.2) is 71.8 Å². The third kappa shape index (κ3) is 4.95. The third-order valence-corrected chi connectivity index (χ3v) is 6.34. The van der Waals surface area contributed by atoms with Crippen LogP contribution in [0.5, 0.6) is 0 Å². The van der Waals surface area contributed by atoms with Gasteiger partial charge >= 0.3 is 0 Å². The van der Waals surface area contributed by atoms with Gasteiger partial charge in [0, 0.05) is 49.3 Å². The molecule has 2 aliphatic heterocycles. The minimum absolute atomic E-state index is 0.0275. The standard InChI is InChI=1S/C20H27Cl2N3O2/c1-15(20(27)25-8-3-2-4-9-25)23-10-12-24(13-11-23)19(26)14-16-17(21)6-5-7-18(16)22/h5-7,15H,2-4,8-14H2,1H3. The Morgan fingerprint density at radius 1 is 0.926 bits per heavy atom. The van der Waals surface area contributed by atoms with Crippen molar-refractivity contribution in [3.63, 3.8) is 0 Å². The number of hydrogen-bond acceptors (Lipinski definition) is 3. The molecule has 5 nitrogen and oxygen atoms in total. The monoisotopic (exact) mass is 411 g/mol. The van der Waals surface area contributed by atoms with Crippen molar-refractivity contribution >= 4 is 35.0 Å². The van der Waals surface area contributed by atoms with Gasteiger partial charge in [-0.2, -0.15) is 0 Å². The summed E-state index contributed by atoms with van der Waals surface area (Å²) >= 11 is 12.4. The first-order valence-corrected chi connectivity index (χ1v) is 10.5. The summed E-state index contributed by atoms with van der Waals surface area (Å²) in [6, 6.07) is 5.15. The molecule has 1 atom stereocenters. The van der Waals surface area contributed by atoms with Crippen LogP contribution in [0.4, 0.5) is 0 Å².